The lowest BCUT2D eigenvalue weighted by Crippen LogP contribution is -2.55. The van der Waals surface area contributed by atoms with E-state index in [1.54, 1.807) is 0 Å². The Morgan fingerprint density at radius 3 is 2.61 bits per heavy atom. The second-order valence-electron chi connectivity index (χ2n) is 7.82. The fraction of sp³-hybridized carbons (Fsp3) is 0.417. The van der Waals surface area contributed by atoms with Crippen molar-refractivity contribution in [3.05, 3.63) is 84.0 Å². The Hall–Kier alpha value is -2.30. The summed E-state index contributed by atoms with van der Waals surface area (Å²) in [5, 5.41) is 6.80. The molecule has 2 N–H and O–H groups in total. The molecule has 0 bridgehead atoms. The Morgan fingerprint density at radius 2 is 1.93 bits per heavy atom. The minimum absolute atomic E-state index is 0.116. The Labute approximate surface area is 169 Å². The number of hydrogen-bond donors (Lipinski definition) is 2. The first-order valence-corrected chi connectivity index (χ1v) is 10.6. The smallest absolute Gasteiger partial charge is 0.110 e. The monoisotopic (exact) mass is 376 g/mol. The van der Waals surface area contributed by atoms with E-state index in [9.17, 15) is 0 Å². The van der Waals surface area contributed by atoms with E-state index in [1.165, 1.54) is 17.5 Å². The SMILES string of the molecule is CCC/C=C\C=C1/NC=CN1Cc1ccc(C2(N3CCNCC3)C=CC2)cc1. The molecule has 0 saturated carbocycles. The van der Waals surface area contributed by atoms with Gasteiger partial charge in [-0.1, -0.05) is 61.9 Å². The third-order valence-corrected chi connectivity index (χ3v) is 5.95. The van der Waals surface area contributed by atoms with Crippen molar-refractivity contribution in [1.29, 1.82) is 0 Å². The molecule has 0 aromatic heterocycles. The van der Waals surface area contributed by atoms with E-state index in [0.29, 0.717) is 0 Å². The fourth-order valence-corrected chi connectivity index (χ4v) is 4.21. The van der Waals surface area contributed by atoms with E-state index in [1.807, 2.05) is 6.20 Å². The number of allylic oxidation sites excluding steroid dienone is 3. The zero-order chi connectivity index (χ0) is 19.2. The number of hydrogen-bond acceptors (Lipinski definition) is 4. The molecule has 1 saturated heterocycles. The van der Waals surface area contributed by atoms with Gasteiger partial charge in [-0.15, -0.1) is 0 Å². The lowest BCUT2D eigenvalue weighted by Gasteiger charge is -2.48. The maximum Gasteiger partial charge on any atom is 0.110 e. The van der Waals surface area contributed by atoms with Crippen molar-refractivity contribution in [3.8, 4) is 0 Å². The average Bonchev–Trinajstić information content (AvgIpc) is 3.13. The maximum absolute atomic E-state index is 3.47. The molecule has 0 amide bonds. The highest BCUT2D eigenvalue weighted by molar-refractivity contribution is 5.38. The predicted octanol–water partition coefficient (Wildman–Crippen LogP) is 3.82. The van der Waals surface area contributed by atoms with Crippen LogP contribution in [0.4, 0.5) is 0 Å². The summed E-state index contributed by atoms with van der Waals surface area (Å²) in [6.07, 6.45) is 18.8. The number of nitrogens with one attached hydrogen (secondary N) is 2. The van der Waals surface area contributed by atoms with Crippen LogP contribution in [0.3, 0.4) is 0 Å². The highest BCUT2D eigenvalue weighted by atomic mass is 15.3. The fourth-order valence-electron chi connectivity index (χ4n) is 4.21. The molecule has 1 unspecified atom stereocenters. The number of piperazine rings is 1. The predicted molar refractivity (Wildman–Crippen MR) is 116 cm³/mol. The van der Waals surface area contributed by atoms with Gasteiger partial charge in [-0.2, -0.15) is 0 Å². The summed E-state index contributed by atoms with van der Waals surface area (Å²) >= 11 is 0. The molecule has 1 aliphatic carbocycles. The molecule has 4 heteroatoms. The Morgan fingerprint density at radius 1 is 1.14 bits per heavy atom. The molecule has 1 atom stereocenters. The van der Waals surface area contributed by atoms with Gasteiger partial charge in [0.1, 0.15) is 5.82 Å². The molecule has 1 aromatic rings. The summed E-state index contributed by atoms with van der Waals surface area (Å²) in [5.74, 6) is 1.13. The first-order chi connectivity index (χ1) is 13.8. The van der Waals surface area contributed by atoms with Gasteiger partial charge in [0.15, 0.2) is 0 Å². The van der Waals surface area contributed by atoms with Crippen LogP contribution >= 0.6 is 0 Å². The third kappa shape index (κ3) is 3.94. The van der Waals surface area contributed by atoms with Crippen LogP contribution < -0.4 is 10.6 Å². The number of unbranched alkanes of at least 4 members (excludes halogenated alkanes) is 1. The summed E-state index contributed by atoms with van der Waals surface area (Å²) in [6, 6.07) is 9.25. The van der Waals surface area contributed by atoms with Crippen LogP contribution in [0.15, 0.2) is 72.9 Å². The van der Waals surface area contributed by atoms with Crippen molar-refractivity contribution in [3.63, 3.8) is 0 Å². The molecule has 3 aliphatic rings. The second-order valence-corrected chi connectivity index (χ2v) is 7.82. The molecule has 2 aliphatic heterocycles. The summed E-state index contributed by atoms with van der Waals surface area (Å²) < 4.78 is 0. The molecule has 4 rings (SSSR count). The molecular formula is C24H32N4. The van der Waals surface area contributed by atoms with Gasteiger partial charge >= 0.3 is 0 Å². The zero-order valence-corrected chi connectivity index (χ0v) is 16.9. The van der Waals surface area contributed by atoms with Crippen LogP contribution in [0.2, 0.25) is 0 Å². The number of rotatable bonds is 7. The molecule has 28 heavy (non-hydrogen) atoms. The van der Waals surface area contributed by atoms with Crippen LogP contribution in [-0.4, -0.2) is 36.0 Å². The minimum Gasteiger partial charge on any atom is -0.347 e. The highest BCUT2D eigenvalue weighted by Gasteiger charge is 2.39. The van der Waals surface area contributed by atoms with Crippen molar-refractivity contribution in [1.82, 2.24) is 20.4 Å². The van der Waals surface area contributed by atoms with Gasteiger partial charge in [-0.25, -0.2) is 0 Å². The largest absolute Gasteiger partial charge is 0.347 e. The topological polar surface area (TPSA) is 30.5 Å². The van der Waals surface area contributed by atoms with Gasteiger partial charge in [0.2, 0.25) is 0 Å². The van der Waals surface area contributed by atoms with Gasteiger partial charge in [0.05, 0.1) is 5.54 Å². The van der Waals surface area contributed by atoms with E-state index in [2.05, 4.69) is 88.2 Å². The number of benzene rings is 1. The molecular weight excluding hydrogens is 344 g/mol. The van der Waals surface area contributed by atoms with Crippen LogP contribution in [0.1, 0.15) is 37.3 Å². The van der Waals surface area contributed by atoms with Crippen LogP contribution in [-0.2, 0) is 12.1 Å². The number of nitrogens with zero attached hydrogens (tertiary/aromatic N) is 2. The second kappa shape index (κ2) is 8.80. The van der Waals surface area contributed by atoms with Gasteiger partial charge in [-0.3, -0.25) is 4.90 Å². The molecule has 1 aromatic carbocycles. The molecule has 148 valence electrons. The van der Waals surface area contributed by atoms with Crippen molar-refractivity contribution in [2.24, 2.45) is 0 Å². The first-order valence-electron chi connectivity index (χ1n) is 10.6. The zero-order valence-electron chi connectivity index (χ0n) is 16.9. The Balaban J connectivity index is 1.43. The van der Waals surface area contributed by atoms with Crippen molar-refractivity contribution >= 4 is 0 Å². The van der Waals surface area contributed by atoms with E-state index in [-0.39, 0.29) is 5.54 Å². The van der Waals surface area contributed by atoms with Crippen LogP contribution in [0.25, 0.3) is 0 Å². The molecule has 1 fully saturated rings. The summed E-state index contributed by atoms with van der Waals surface area (Å²) in [6.45, 7) is 7.50. The maximum atomic E-state index is 3.47. The third-order valence-electron chi connectivity index (χ3n) is 5.95. The van der Waals surface area contributed by atoms with E-state index >= 15 is 0 Å². The van der Waals surface area contributed by atoms with E-state index in [4.69, 9.17) is 0 Å². The van der Waals surface area contributed by atoms with Gasteiger partial charge < -0.3 is 15.5 Å². The minimum atomic E-state index is 0.116. The average molecular weight is 377 g/mol. The van der Waals surface area contributed by atoms with Crippen LogP contribution in [0, 0.1) is 0 Å². The van der Waals surface area contributed by atoms with E-state index < -0.39 is 0 Å². The van der Waals surface area contributed by atoms with Gasteiger partial charge in [-0.05, 0) is 30.0 Å². The summed E-state index contributed by atoms with van der Waals surface area (Å²) in [5.41, 5.74) is 2.87. The van der Waals surface area contributed by atoms with Gasteiger partial charge in [0.25, 0.3) is 0 Å². The first kappa shape index (κ1) is 19.0. The molecule has 2 heterocycles. The normalized spacial score (nSPS) is 26.2. The Kier molecular flexibility index (Phi) is 5.98. The van der Waals surface area contributed by atoms with E-state index in [0.717, 1.165) is 51.4 Å². The molecule has 0 spiro atoms. The molecule has 0 radical (unpaired) electrons. The summed E-state index contributed by atoms with van der Waals surface area (Å²) in [4.78, 5) is 4.90. The van der Waals surface area contributed by atoms with Gasteiger partial charge in [0, 0.05) is 45.1 Å². The quantitative estimate of drug-likeness (QED) is 0.708. The molecule has 4 nitrogen and oxygen atoms in total. The highest BCUT2D eigenvalue weighted by Crippen LogP contribution is 2.40. The van der Waals surface area contributed by atoms with Crippen molar-refractivity contribution < 1.29 is 0 Å². The standard InChI is InChI=1S/C24H32N4/c1-2-3-4-5-7-23-26-16-17-27(23)20-21-8-10-22(11-9-21)24(12-6-13-24)28-18-14-25-15-19-28/h4-12,16-17,25-26H,2-3,13-15,18-20H2,1H3/b5-4-,23-7+. The lowest BCUT2D eigenvalue weighted by molar-refractivity contribution is 0.0995. The van der Waals surface area contributed by atoms with Crippen molar-refractivity contribution in [2.75, 3.05) is 26.2 Å². The Bertz CT molecular complexity index is 768. The summed E-state index contributed by atoms with van der Waals surface area (Å²) in [7, 11) is 0. The lowest BCUT2D eigenvalue weighted by atomic mass is 9.77. The van der Waals surface area contributed by atoms with Crippen LogP contribution in [0.5, 0.6) is 0 Å². The van der Waals surface area contributed by atoms with Crippen molar-refractivity contribution in [2.45, 2.75) is 38.3 Å².